The van der Waals surface area contributed by atoms with Crippen molar-refractivity contribution >= 4 is 27.5 Å². The molecule has 0 saturated heterocycles. The molecule has 4 rings (SSSR count). The second-order valence-electron chi connectivity index (χ2n) is 12.0. The van der Waals surface area contributed by atoms with E-state index in [2.05, 4.69) is 5.32 Å². The quantitative estimate of drug-likeness (QED) is 0.201. The Hall–Kier alpha value is -4.43. The van der Waals surface area contributed by atoms with Crippen LogP contribution in [0.4, 0.5) is 5.69 Å². The number of benzene rings is 4. The van der Waals surface area contributed by atoms with Crippen LogP contribution in [0.3, 0.4) is 0 Å². The van der Waals surface area contributed by atoms with Gasteiger partial charge < -0.3 is 10.2 Å². The summed E-state index contributed by atoms with van der Waals surface area (Å²) in [4.78, 5) is 30.1. The van der Waals surface area contributed by atoms with Gasteiger partial charge in [0.2, 0.25) is 11.8 Å². The van der Waals surface area contributed by atoms with Crippen molar-refractivity contribution in [3.8, 4) is 0 Å². The molecular formula is C37H43N3O4S. The van der Waals surface area contributed by atoms with Gasteiger partial charge in [-0.1, -0.05) is 78.4 Å². The van der Waals surface area contributed by atoms with Gasteiger partial charge >= 0.3 is 0 Å². The highest BCUT2D eigenvalue weighted by atomic mass is 32.2. The number of nitrogens with one attached hydrogen (secondary N) is 1. The first-order chi connectivity index (χ1) is 21.3. The maximum Gasteiger partial charge on any atom is 0.264 e. The van der Waals surface area contributed by atoms with Gasteiger partial charge in [-0.3, -0.25) is 13.9 Å². The number of nitrogens with zero attached hydrogens (tertiary/aromatic N) is 2. The second-order valence-corrected chi connectivity index (χ2v) is 13.8. The summed E-state index contributed by atoms with van der Waals surface area (Å²) in [6.45, 7) is 11.0. The van der Waals surface area contributed by atoms with Crippen LogP contribution in [0.2, 0.25) is 0 Å². The molecule has 0 bridgehead atoms. The normalized spacial score (nSPS) is 12.1. The number of amides is 2. The summed E-state index contributed by atoms with van der Waals surface area (Å²) < 4.78 is 29.7. The first-order valence-corrected chi connectivity index (χ1v) is 16.6. The molecule has 0 radical (unpaired) electrons. The number of rotatable bonds is 12. The van der Waals surface area contributed by atoms with E-state index in [4.69, 9.17) is 0 Å². The molecule has 2 amide bonds. The van der Waals surface area contributed by atoms with E-state index in [1.165, 1.54) is 9.21 Å². The standard InChI is InChI=1S/C37H43N3O4S/c1-26(2)38-37(42)35(23-31-13-8-7-9-14-31)39(24-32-15-11-10-12-30(32)6)36(41)25-40(33-21-28(4)20-29(5)22-33)45(43,44)34-18-16-27(3)17-19-34/h7-22,26,35H,23-25H2,1-6H3,(H,38,42). The van der Waals surface area contributed by atoms with Crippen LogP contribution in [-0.4, -0.2) is 43.8 Å². The minimum atomic E-state index is -4.15. The number of carbonyl (C=O) groups is 2. The number of anilines is 1. The topological polar surface area (TPSA) is 86.8 Å². The molecule has 0 aliphatic rings. The van der Waals surface area contributed by atoms with Gasteiger partial charge in [-0.25, -0.2) is 8.42 Å². The molecule has 0 aromatic heterocycles. The van der Waals surface area contributed by atoms with Gasteiger partial charge in [0.1, 0.15) is 12.6 Å². The Morgan fingerprint density at radius 3 is 1.96 bits per heavy atom. The average Bonchev–Trinajstić information content (AvgIpc) is 2.98. The lowest BCUT2D eigenvalue weighted by molar-refractivity contribution is -0.140. The molecular weight excluding hydrogens is 582 g/mol. The number of sulfonamides is 1. The van der Waals surface area contributed by atoms with E-state index in [-0.39, 0.29) is 29.8 Å². The Balaban J connectivity index is 1.84. The molecule has 0 aliphatic carbocycles. The van der Waals surface area contributed by atoms with Gasteiger partial charge in [0.05, 0.1) is 10.6 Å². The molecule has 0 spiro atoms. The monoisotopic (exact) mass is 625 g/mol. The van der Waals surface area contributed by atoms with Gasteiger partial charge in [-0.05, 0) is 93.6 Å². The van der Waals surface area contributed by atoms with Gasteiger partial charge in [0, 0.05) is 19.0 Å². The van der Waals surface area contributed by atoms with Crippen molar-refractivity contribution < 1.29 is 18.0 Å². The number of aryl methyl sites for hydroxylation is 4. The van der Waals surface area contributed by atoms with E-state index in [1.54, 1.807) is 36.4 Å². The summed E-state index contributed by atoms with van der Waals surface area (Å²) in [5.41, 5.74) is 5.79. The van der Waals surface area contributed by atoms with Gasteiger partial charge in [-0.2, -0.15) is 0 Å². The summed E-state index contributed by atoms with van der Waals surface area (Å²) in [5, 5.41) is 3.00. The third-order valence-electron chi connectivity index (χ3n) is 7.69. The first-order valence-electron chi connectivity index (χ1n) is 15.2. The first kappa shape index (κ1) is 33.5. The molecule has 4 aromatic rings. The summed E-state index contributed by atoms with van der Waals surface area (Å²) >= 11 is 0. The summed E-state index contributed by atoms with van der Waals surface area (Å²) in [6.07, 6.45) is 0.269. The largest absolute Gasteiger partial charge is 0.352 e. The molecule has 0 fully saturated rings. The van der Waals surface area contributed by atoms with Crippen LogP contribution >= 0.6 is 0 Å². The van der Waals surface area contributed by atoms with Crippen LogP contribution in [0.25, 0.3) is 0 Å². The zero-order chi connectivity index (χ0) is 32.7. The van der Waals surface area contributed by atoms with Crippen molar-refractivity contribution in [3.63, 3.8) is 0 Å². The molecule has 1 atom stereocenters. The third kappa shape index (κ3) is 8.60. The molecule has 0 heterocycles. The average molecular weight is 626 g/mol. The smallest absolute Gasteiger partial charge is 0.264 e. The Morgan fingerprint density at radius 2 is 1.36 bits per heavy atom. The van der Waals surface area contributed by atoms with Crippen LogP contribution in [0.5, 0.6) is 0 Å². The molecule has 8 heteroatoms. The van der Waals surface area contributed by atoms with E-state index >= 15 is 0 Å². The zero-order valence-corrected chi connectivity index (χ0v) is 27.8. The summed E-state index contributed by atoms with van der Waals surface area (Å²) in [5.74, 6) is -0.775. The van der Waals surface area contributed by atoms with Crippen molar-refractivity contribution in [2.45, 2.75) is 71.5 Å². The number of hydrogen-bond donors (Lipinski definition) is 1. The molecule has 45 heavy (non-hydrogen) atoms. The molecule has 7 nitrogen and oxygen atoms in total. The van der Waals surface area contributed by atoms with Crippen molar-refractivity contribution in [1.82, 2.24) is 10.2 Å². The summed E-state index contributed by atoms with van der Waals surface area (Å²) in [7, 11) is -4.15. The Morgan fingerprint density at radius 1 is 0.756 bits per heavy atom. The van der Waals surface area contributed by atoms with E-state index in [0.29, 0.717) is 5.69 Å². The summed E-state index contributed by atoms with van der Waals surface area (Å²) in [6, 6.07) is 28.3. The maximum atomic E-state index is 14.6. The molecule has 236 valence electrons. The van der Waals surface area contributed by atoms with E-state index in [9.17, 15) is 18.0 Å². The lowest BCUT2D eigenvalue weighted by Gasteiger charge is -2.34. The maximum absolute atomic E-state index is 14.6. The predicted octanol–water partition coefficient (Wildman–Crippen LogP) is 6.28. The minimum Gasteiger partial charge on any atom is -0.352 e. The van der Waals surface area contributed by atoms with Crippen LogP contribution in [0.15, 0.2) is 102 Å². The number of carbonyl (C=O) groups excluding carboxylic acids is 2. The van der Waals surface area contributed by atoms with Crippen molar-refractivity contribution in [2.24, 2.45) is 0 Å². The Kier molecular flexibility index (Phi) is 10.8. The second kappa shape index (κ2) is 14.6. The SMILES string of the molecule is Cc1ccc(S(=O)(=O)N(CC(=O)N(Cc2ccccc2C)C(Cc2ccccc2)C(=O)NC(C)C)c2cc(C)cc(C)c2)cc1. The fourth-order valence-corrected chi connectivity index (χ4v) is 6.76. The minimum absolute atomic E-state index is 0.0869. The van der Waals surface area contributed by atoms with E-state index in [0.717, 1.165) is 33.4 Å². The lowest BCUT2D eigenvalue weighted by atomic mass is 10.0. The van der Waals surface area contributed by atoms with Gasteiger partial charge in [0.15, 0.2) is 0 Å². The fourth-order valence-electron chi connectivity index (χ4n) is 5.37. The van der Waals surface area contributed by atoms with Gasteiger partial charge in [-0.15, -0.1) is 0 Å². The van der Waals surface area contributed by atoms with Crippen LogP contribution < -0.4 is 9.62 Å². The van der Waals surface area contributed by atoms with Crippen molar-refractivity contribution in [3.05, 3.63) is 130 Å². The Labute approximate surface area is 268 Å². The highest BCUT2D eigenvalue weighted by Crippen LogP contribution is 2.27. The molecule has 0 aliphatic heterocycles. The van der Waals surface area contributed by atoms with Crippen molar-refractivity contribution in [2.75, 3.05) is 10.8 Å². The van der Waals surface area contributed by atoms with E-state index < -0.39 is 28.5 Å². The number of hydrogen-bond acceptors (Lipinski definition) is 4. The molecule has 4 aromatic carbocycles. The fraction of sp³-hybridized carbons (Fsp3) is 0.297. The van der Waals surface area contributed by atoms with Crippen molar-refractivity contribution in [1.29, 1.82) is 0 Å². The molecule has 1 unspecified atom stereocenters. The van der Waals surface area contributed by atoms with Gasteiger partial charge in [0.25, 0.3) is 10.0 Å². The Bertz CT molecular complexity index is 1720. The predicted molar refractivity (Wildman–Crippen MR) is 181 cm³/mol. The highest BCUT2D eigenvalue weighted by molar-refractivity contribution is 7.92. The van der Waals surface area contributed by atoms with Crippen LogP contribution in [-0.2, 0) is 32.6 Å². The third-order valence-corrected chi connectivity index (χ3v) is 9.47. The van der Waals surface area contributed by atoms with E-state index in [1.807, 2.05) is 102 Å². The highest BCUT2D eigenvalue weighted by Gasteiger charge is 2.35. The molecule has 0 saturated carbocycles. The van der Waals surface area contributed by atoms with Crippen LogP contribution in [0.1, 0.15) is 47.2 Å². The van der Waals surface area contributed by atoms with Crippen LogP contribution in [0, 0.1) is 27.7 Å². The zero-order valence-electron chi connectivity index (χ0n) is 26.9. The molecule has 1 N–H and O–H groups in total. The lowest BCUT2D eigenvalue weighted by Crippen LogP contribution is -2.54.